The minimum absolute atomic E-state index is 0.143. The van der Waals surface area contributed by atoms with Crippen molar-refractivity contribution in [1.29, 1.82) is 0 Å². The molecule has 0 bridgehead atoms. The van der Waals surface area contributed by atoms with E-state index in [0.717, 1.165) is 5.69 Å². The van der Waals surface area contributed by atoms with Crippen LogP contribution in [0.4, 0.5) is 5.69 Å². The van der Waals surface area contributed by atoms with E-state index in [9.17, 15) is 4.79 Å². The summed E-state index contributed by atoms with van der Waals surface area (Å²) in [6.07, 6.45) is 0. The first-order valence-corrected chi connectivity index (χ1v) is 4.27. The molecule has 0 amide bonds. The Kier molecular flexibility index (Phi) is 3.94. The molecule has 1 atom stereocenters. The lowest BCUT2D eigenvalue weighted by molar-refractivity contribution is -0.139. The summed E-state index contributed by atoms with van der Waals surface area (Å²) in [5.41, 5.74) is 0.775. The maximum absolute atomic E-state index is 10.8. The molecule has 0 aliphatic rings. The van der Waals surface area contributed by atoms with Crippen LogP contribution in [0.3, 0.4) is 0 Å². The average Bonchev–Trinajstić information content (AvgIpc) is 2.18. The summed E-state index contributed by atoms with van der Waals surface area (Å²) < 4.78 is 4.79. The molecule has 0 aliphatic carbocycles. The molecule has 0 radical (unpaired) electrons. The summed E-state index contributed by atoms with van der Waals surface area (Å²) in [5.74, 6) is -0.921. The summed E-state index contributed by atoms with van der Waals surface area (Å²) in [4.78, 5) is 10.8. The number of hydrogen-bond acceptors (Lipinski definition) is 3. The third-order valence-corrected chi connectivity index (χ3v) is 1.75. The minimum Gasteiger partial charge on any atom is -0.480 e. The number of carbonyl (C=O) groups is 1. The van der Waals surface area contributed by atoms with Crippen LogP contribution >= 0.6 is 0 Å². The van der Waals surface area contributed by atoms with E-state index in [4.69, 9.17) is 9.84 Å². The molecule has 0 saturated carbocycles. The van der Waals surface area contributed by atoms with Gasteiger partial charge in [0.15, 0.2) is 0 Å². The molecular weight excluding hydrogens is 182 g/mol. The van der Waals surface area contributed by atoms with Gasteiger partial charge in [-0.05, 0) is 12.1 Å². The maximum Gasteiger partial charge on any atom is 0.328 e. The lowest BCUT2D eigenvalue weighted by Gasteiger charge is -2.14. The Morgan fingerprint density at radius 3 is 2.64 bits per heavy atom. The van der Waals surface area contributed by atoms with Crippen LogP contribution in [0.1, 0.15) is 0 Å². The zero-order chi connectivity index (χ0) is 10.4. The van der Waals surface area contributed by atoms with Crippen molar-refractivity contribution < 1.29 is 14.6 Å². The molecule has 0 saturated heterocycles. The van der Waals surface area contributed by atoms with E-state index in [1.807, 2.05) is 30.3 Å². The Morgan fingerprint density at radius 2 is 2.14 bits per heavy atom. The number of anilines is 1. The van der Waals surface area contributed by atoms with Crippen LogP contribution in [-0.4, -0.2) is 30.8 Å². The molecule has 0 aliphatic heterocycles. The fourth-order valence-corrected chi connectivity index (χ4v) is 1.08. The number of benzene rings is 1. The van der Waals surface area contributed by atoms with E-state index in [1.165, 1.54) is 7.11 Å². The summed E-state index contributed by atoms with van der Waals surface area (Å²) in [6.45, 7) is 0.143. The molecule has 1 rings (SSSR count). The predicted octanol–water partition coefficient (Wildman–Crippen LogP) is 1.20. The largest absolute Gasteiger partial charge is 0.480 e. The molecule has 76 valence electrons. The second-order valence-electron chi connectivity index (χ2n) is 2.86. The second-order valence-corrected chi connectivity index (χ2v) is 2.86. The number of carboxylic acids is 1. The normalized spacial score (nSPS) is 12.1. The second kappa shape index (κ2) is 5.24. The van der Waals surface area contributed by atoms with Crippen LogP contribution < -0.4 is 5.32 Å². The van der Waals surface area contributed by atoms with Crippen molar-refractivity contribution in [2.45, 2.75) is 6.04 Å². The topological polar surface area (TPSA) is 58.6 Å². The monoisotopic (exact) mass is 195 g/mol. The number of methoxy groups -OCH3 is 1. The van der Waals surface area contributed by atoms with Crippen molar-refractivity contribution in [3.63, 3.8) is 0 Å². The Bertz CT molecular complexity index is 287. The van der Waals surface area contributed by atoms with Crippen molar-refractivity contribution in [2.24, 2.45) is 0 Å². The molecule has 4 heteroatoms. The SMILES string of the molecule is COC[C@@H](Nc1ccccc1)C(=O)O. The van der Waals surface area contributed by atoms with Crippen molar-refractivity contribution in [3.05, 3.63) is 30.3 Å². The minimum atomic E-state index is -0.921. The van der Waals surface area contributed by atoms with Gasteiger partial charge < -0.3 is 15.2 Å². The van der Waals surface area contributed by atoms with Gasteiger partial charge in [0.1, 0.15) is 6.04 Å². The number of ether oxygens (including phenoxy) is 1. The number of para-hydroxylation sites is 1. The van der Waals surface area contributed by atoms with Gasteiger partial charge in [0.25, 0.3) is 0 Å². The zero-order valence-electron chi connectivity index (χ0n) is 7.93. The quantitative estimate of drug-likeness (QED) is 0.741. The third-order valence-electron chi connectivity index (χ3n) is 1.75. The van der Waals surface area contributed by atoms with Gasteiger partial charge in [0.05, 0.1) is 6.61 Å². The Hall–Kier alpha value is -1.55. The van der Waals surface area contributed by atoms with Crippen molar-refractivity contribution in [3.8, 4) is 0 Å². The fourth-order valence-electron chi connectivity index (χ4n) is 1.08. The van der Waals surface area contributed by atoms with Crippen molar-refractivity contribution in [1.82, 2.24) is 0 Å². The number of carboxylic acid groups (broad SMARTS) is 1. The van der Waals surface area contributed by atoms with Gasteiger partial charge in [0, 0.05) is 12.8 Å². The summed E-state index contributed by atoms with van der Waals surface area (Å²) in [5, 5.41) is 11.7. The molecule has 2 N–H and O–H groups in total. The van der Waals surface area contributed by atoms with Gasteiger partial charge in [-0.15, -0.1) is 0 Å². The molecule has 0 aromatic heterocycles. The standard InChI is InChI=1S/C10H13NO3/c1-14-7-9(10(12)13)11-8-5-3-2-4-6-8/h2-6,9,11H,7H2,1H3,(H,12,13)/t9-/m1/s1. The molecule has 14 heavy (non-hydrogen) atoms. The third kappa shape index (κ3) is 3.06. The zero-order valence-corrected chi connectivity index (χ0v) is 7.93. The smallest absolute Gasteiger partial charge is 0.328 e. The van der Waals surface area contributed by atoms with E-state index < -0.39 is 12.0 Å². The Balaban J connectivity index is 2.60. The molecule has 0 spiro atoms. The van der Waals surface area contributed by atoms with Gasteiger partial charge in [-0.2, -0.15) is 0 Å². The van der Waals surface area contributed by atoms with Crippen molar-refractivity contribution >= 4 is 11.7 Å². The molecule has 4 nitrogen and oxygen atoms in total. The average molecular weight is 195 g/mol. The Morgan fingerprint density at radius 1 is 1.50 bits per heavy atom. The van der Waals surface area contributed by atoms with E-state index in [2.05, 4.69) is 5.32 Å². The first-order valence-electron chi connectivity index (χ1n) is 4.27. The molecular formula is C10H13NO3. The number of nitrogens with one attached hydrogen (secondary N) is 1. The highest BCUT2D eigenvalue weighted by Gasteiger charge is 2.16. The number of rotatable bonds is 5. The van der Waals surface area contributed by atoms with Crippen LogP contribution in [0.2, 0.25) is 0 Å². The van der Waals surface area contributed by atoms with Crippen LogP contribution in [0.25, 0.3) is 0 Å². The van der Waals surface area contributed by atoms with E-state index in [0.29, 0.717) is 0 Å². The highest BCUT2D eigenvalue weighted by Crippen LogP contribution is 2.07. The van der Waals surface area contributed by atoms with Gasteiger partial charge in [-0.1, -0.05) is 18.2 Å². The van der Waals surface area contributed by atoms with Gasteiger partial charge >= 0.3 is 5.97 Å². The van der Waals surface area contributed by atoms with Gasteiger partial charge in [-0.3, -0.25) is 0 Å². The predicted molar refractivity (Wildman–Crippen MR) is 53.4 cm³/mol. The lowest BCUT2D eigenvalue weighted by Crippen LogP contribution is -2.33. The van der Waals surface area contributed by atoms with Crippen LogP contribution in [-0.2, 0) is 9.53 Å². The highest BCUT2D eigenvalue weighted by atomic mass is 16.5. The number of aliphatic carboxylic acids is 1. The lowest BCUT2D eigenvalue weighted by atomic mass is 10.2. The van der Waals surface area contributed by atoms with Crippen LogP contribution in [0.15, 0.2) is 30.3 Å². The van der Waals surface area contributed by atoms with Crippen molar-refractivity contribution in [2.75, 3.05) is 19.0 Å². The van der Waals surface area contributed by atoms with Gasteiger partial charge in [-0.25, -0.2) is 4.79 Å². The number of hydrogen-bond donors (Lipinski definition) is 2. The van der Waals surface area contributed by atoms with E-state index in [-0.39, 0.29) is 6.61 Å². The van der Waals surface area contributed by atoms with E-state index in [1.54, 1.807) is 0 Å². The maximum atomic E-state index is 10.8. The fraction of sp³-hybridized carbons (Fsp3) is 0.300. The highest BCUT2D eigenvalue weighted by molar-refractivity contribution is 5.77. The van der Waals surface area contributed by atoms with Gasteiger partial charge in [0.2, 0.25) is 0 Å². The molecule has 0 fully saturated rings. The Labute approximate surface area is 82.5 Å². The summed E-state index contributed by atoms with van der Waals surface area (Å²) in [6, 6.07) is 8.47. The first-order chi connectivity index (χ1) is 6.74. The van der Waals surface area contributed by atoms with Crippen LogP contribution in [0.5, 0.6) is 0 Å². The first kappa shape index (κ1) is 10.5. The van der Waals surface area contributed by atoms with E-state index >= 15 is 0 Å². The molecule has 0 unspecified atom stereocenters. The molecule has 0 heterocycles. The summed E-state index contributed by atoms with van der Waals surface area (Å²) in [7, 11) is 1.47. The molecule has 1 aromatic carbocycles. The molecule has 1 aromatic rings. The van der Waals surface area contributed by atoms with Crippen LogP contribution in [0, 0.1) is 0 Å². The summed E-state index contributed by atoms with van der Waals surface area (Å²) >= 11 is 0.